The molecule has 0 radical (unpaired) electrons. The maximum absolute atomic E-state index is 11.3. The summed E-state index contributed by atoms with van der Waals surface area (Å²) in [5.41, 5.74) is 2.65. The van der Waals surface area contributed by atoms with Crippen LogP contribution in [0, 0.1) is 5.92 Å². The SMILES string of the molecule is COc1cccc([C@@H](C)NCC2CCN(c3nc(C(=O)O)cs3)CC2c2ccccc2)c1.Cl. The first kappa shape index (κ1) is 25.0. The van der Waals surface area contributed by atoms with Gasteiger partial charge in [0.15, 0.2) is 10.8 Å². The van der Waals surface area contributed by atoms with Gasteiger partial charge in [-0.2, -0.15) is 0 Å². The van der Waals surface area contributed by atoms with Gasteiger partial charge in [0.2, 0.25) is 0 Å². The molecule has 3 atom stereocenters. The summed E-state index contributed by atoms with van der Waals surface area (Å²) in [5.74, 6) is 0.710. The molecule has 2 N–H and O–H groups in total. The molecule has 0 spiro atoms. The van der Waals surface area contributed by atoms with Crippen molar-refractivity contribution in [1.29, 1.82) is 0 Å². The first-order valence-electron chi connectivity index (χ1n) is 10.9. The molecule has 1 fully saturated rings. The van der Waals surface area contributed by atoms with Crippen LogP contribution >= 0.6 is 23.7 Å². The predicted molar refractivity (Wildman–Crippen MR) is 135 cm³/mol. The Labute approximate surface area is 205 Å². The van der Waals surface area contributed by atoms with Gasteiger partial charge >= 0.3 is 5.97 Å². The summed E-state index contributed by atoms with van der Waals surface area (Å²) in [6, 6.07) is 19.0. The number of rotatable bonds is 8. The van der Waals surface area contributed by atoms with Gasteiger partial charge in [-0.1, -0.05) is 42.5 Å². The molecule has 3 aromatic rings. The van der Waals surface area contributed by atoms with Crippen molar-refractivity contribution in [2.24, 2.45) is 5.92 Å². The summed E-state index contributed by atoms with van der Waals surface area (Å²) in [6.07, 6.45) is 1.01. The smallest absolute Gasteiger partial charge is 0.355 e. The Morgan fingerprint density at radius 3 is 2.76 bits per heavy atom. The fourth-order valence-electron chi connectivity index (χ4n) is 4.36. The second-order valence-corrected chi connectivity index (χ2v) is 9.08. The maximum atomic E-state index is 11.3. The van der Waals surface area contributed by atoms with Gasteiger partial charge in [-0.25, -0.2) is 9.78 Å². The molecule has 0 saturated carbocycles. The molecule has 0 bridgehead atoms. The highest BCUT2D eigenvalue weighted by Gasteiger charge is 2.32. The molecule has 2 unspecified atom stereocenters. The molecular formula is C25H30ClN3O3S. The van der Waals surface area contributed by atoms with E-state index in [0.717, 1.165) is 36.9 Å². The van der Waals surface area contributed by atoms with Gasteiger partial charge in [-0.05, 0) is 49.1 Å². The molecule has 176 valence electrons. The van der Waals surface area contributed by atoms with E-state index in [1.165, 1.54) is 22.5 Å². The van der Waals surface area contributed by atoms with Crippen LogP contribution in [0.25, 0.3) is 0 Å². The number of carbonyl (C=O) groups is 1. The van der Waals surface area contributed by atoms with E-state index in [2.05, 4.69) is 58.5 Å². The molecular weight excluding hydrogens is 458 g/mol. The minimum absolute atomic E-state index is 0. The number of aromatic nitrogens is 1. The summed E-state index contributed by atoms with van der Waals surface area (Å²) in [5, 5.41) is 15.4. The zero-order chi connectivity index (χ0) is 22.5. The van der Waals surface area contributed by atoms with Crippen LogP contribution in [0.2, 0.25) is 0 Å². The quantitative estimate of drug-likeness (QED) is 0.453. The van der Waals surface area contributed by atoms with Crippen LogP contribution in [0.3, 0.4) is 0 Å². The molecule has 2 aromatic carbocycles. The molecule has 0 aliphatic carbocycles. The minimum Gasteiger partial charge on any atom is -0.497 e. The van der Waals surface area contributed by atoms with Crippen molar-refractivity contribution in [2.45, 2.75) is 25.3 Å². The lowest BCUT2D eigenvalue weighted by Crippen LogP contribution is -2.43. The number of piperidine rings is 1. The summed E-state index contributed by atoms with van der Waals surface area (Å²) in [7, 11) is 1.69. The van der Waals surface area contributed by atoms with E-state index in [1.807, 2.05) is 18.2 Å². The number of nitrogens with zero attached hydrogens (tertiary/aromatic N) is 2. The van der Waals surface area contributed by atoms with Crippen LogP contribution in [-0.2, 0) is 0 Å². The summed E-state index contributed by atoms with van der Waals surface area (Å²) < 4.78 is 5.37. The van der Waals surface area contributed by atoms with E-state index in [0.29, 0.717) is 11.8 Å². The fourth-order valence-corrected chi connectivity index (χ4v) is 5.20. The lowest BCUT2D eigenvalue weighted by atomic mass is 9.80. The second-order valence-electron chi connectivity index (χ2n) is 8.24. The van der Waals surface area contributed by atoms with Crippen molar-refractivity contribution in [1.82, 2.24) is 10.3 Å². The molecule has 33 heavy (non-hydrogen) atoms. The van der Waals surface area contributed by atoms with Crippen LogP contribution in [0.15, 0.2) is 60.0 Å². The van der Waals surface area contributed by atoms with E-state index in [9.17, 15) is 9.90 Å². The number of hydrogen-bond acceptors (Lipinski definition) is 6. The first-order valence-corrected chi connectivity index (χ1v) is 11.8. The Morgan fingerprint density at radius 2 is 2.06 bits per heavy atom. The Hall–Kier alpha value is -2.61. The van der Waals surface area contributed by atoms with Crippen molar-refractivity contribution < 1.29 is 14.6 Å². The summed E-state index contributed by atoms with van der Waals surface area (Å²) in [4.78, 5) is 17.8. The van der Waals surface area contributed by atoms with Gasteiger partial charge in [-0.3, -0.25) is 0 Å². The van der Waals surface area contributed by atoms with Crippen molar-refractivity contribution in [3.63, 3.8) is 0 Å². The molecule has 0 amide bonds. The molecule has 2 heterocycles. The number of hydrogen-bond donors (Lipinski definition) is 2. The topological polar surface area (TPSA) is 74.7 Å². The Bertz CT molecular complexity index is 1050. The number of carboxylic acids is 1. The number of thiazole rings is 1. The van der Waals surface area contributed by atoms with Crippen LogP contribution in [0.1, 0.15) is 46.9 Å². The number of methoxy groups -OCH3 is 1. The third-order valence-corrected chi connectivity index (χ3v) is 7.15. The molecule has 1 saturated heterocycles. The average molecular weight is 488 g/mol. The number of nitrogens with one attached hydrogen (secondary N) is 1. The molecule has 4 rings (SSSR count). The molecule has 1 aliphatic heterocycles. The van der Waals surface area contributed by atoms with E-state index in [1.54, 1.807) is 12.5 Å². The zero-order valence-corrected chi connectivity index (χ0v) is 20.4. The second kappa shape index (κ2) is 11.5. The van der Waals surface area contributed by atoms with Crippen molar-refractivity contribution in [3.8, 4) is 5.75 Å². The van der Waals surface area contributed by atoms with Gasteiger partial charge < -0.3 is 20.1 Å². The van der Waals surface area contributed by atoms with Crippen LogP contribution in [0.4, 0.5) is 5.13 Å². The van der Waals surface area contributed by atoms with E-state index in [4.69, 9.17) is 4.74 Å². The summed E-state index contributed by atoms with van der Waals surface area (Å²) in [6.45, 7) is 4.79. The normalized spacial score (nSPS) is 18.9. The van der Waals surface area contributed by atoms with Crippen LogP contribution in [0.5, 0.6) is 5.75 Å². The number of carboxylic acid groups (broad SMARTS) is 1. The van der Waals surface area contributed by atoms with Crippen molar-refractivity contribution in [2.75, 3.05) is 31.6 Å². The van der Waals surface area contributed by atoms with E-state index in [-0.39, 0.29) is 24.1 Å². The molecule has 8 heteroatoms. The van der Waals surface area contributed by atoms with E-state index >= 15 is 0 Å². The Kier molecular flexibility index (Phi) is 8.72. The predicted octanol–water partition coefficient (Wildman–Crippen LogP) is 5.23. The number of benzene rings is 2. The lowest BCUT2D eigenvalue weighted by Gasteiger charge is -2.39. The monoisotopic (exact) mass is 487 g/mol. The minimum atomic E-state index is -0.974. The summed E-state index contributed by atoms with van der Waals surface area (Å²) >= 11 is 1.41. The molecule has 6 nitrogen and oxygen atoms in total. The van der Waals surface area contributed by atoms with Gasteiger partial charge in [0.25, 0.3) is 0 Å². The van der Waals surface area contributed by atoms with Gasteiger partial charge in [0, 0.05) is 30.4 Å². The maximum Gasteiger partial charge on any atom is 0.355 e. The number of halogens is 1. The Balaban J connectivity index is 0.00000306. The highest BCUT2D eigenvalue weighted by Crippen LogP contribution is 2.35. The standard InChI is InChI=1S/C25H29N3O3S.ClH/c1-17(19-9-6-10-21(13-19)31-2)26-14-20-11-12-28(25-27-23(16-32-25)24(29)30)15-22(20)18-7-4-3-5-8-18;/h3-10,13,16-17,20,22,26H,11-12,14-15H2,1-2H3,(H,29,30);1H/t17-,20?,22?;/m1./s1. The van der Waals surface area contributed by atoms with Gasteiger partial charge in [0.1, 0.15) is 5.75 Å². The van der Waals surface area contributed by atoms with E-state index < -0.39 is 5.97 Å². The number of aromatic carboxylic acids is 1. The zero-order valence-electron chi connectivity index (χ0n) is 18.8. The van der Waals surface area contributed by atoms with Crippen molar-refractivity contribution >= 4 is 34.8 Å². The largest absolute Gasteiger partial charge is 0.497 e. The Morgan fingerprint density at radius 1 is 1.27 bits per heavy atom. The highest BCUT2D eigenvalue weighted by atomic mass is 35.5. The third kappa shape index (κ3) is 6.05. The highest BCUT2D eigenvalue weighted by molar-refractivity contribution is 7.13. The first-order chi connectivity index (χ1) is 15.5. The lowest BCUT2D eigenvalue weighted by molar-refractivity contribution is 0.0691. The van der Waals surface area contributed by atoms with Crippen LogP contribution in [-0.4, -0.2) is 42.8 Å². The van der Waals surface area contributed by atoms with Gasteiger partial charge in [0.05, 0.1) is 7.11 Å². The molecule has 1 aliphatic rings. The van der Waals surface area contributed by atoms with Crippen LogP contribution < -0.4 is 15.0 Å². The number of anilines is 1. The molecule has 1 aromatic heterocycles. The van der Waals surface area contributed by atoms with Gasteiger partial charge in [-0.15, -0.1) is 23.7 Å². The van der Waals surface area contributed by atoms with Crippen molar-refractivity contribution in [3.05, 3.63) is 76.8 Å². The fraction of sp³-hybridized carbons (Fsp3) is 0.360. The average Bonchev–Trinajstić information content (AvgIpc) is 3.34. The third-order valence-electron chi connectivity index (χ3n) is 6.25. The number of ether oxygens (including phenoxy) is 1.